The average Bonchev–Trinajstić information content (AvgIpc) is 2.82. The van der Waals surface area contributed by atoms with E-state index in [0.717, 1.165) is 21.9 Å². The van der Waals surface area contributed by atoms with Gasteiger partial charge in [0.15, 0.2) is 11.5 Å². The molecule has 0 amide bonds. The van der Waals surface area contributed by atoms with Crippen LogP contribution in [0, 0.1) is 0 Å². The maximum Gasteiger partial charge on any atom is 0.185 e. The maximum absolute atomic E-state index is 12.7. The number of para-hydroxylation sites is 1. The molecule has 0 saturated carbocycles. The van der Waals surface area contributed by atoms with Gasteiger partial charge in [-0.25, -0.2) is 0 Å². The third kappa shape index (κ3) is 4.96. The number of ether oxygens (including phenoxy) is 2. The molecule has 0 aromatic heterocycles. The van der Waals surface area contributed by atoms with Gasteiger partial charge in [-0.15, -0.1) is 0 Å². The Balaban J connectivity index is 1.53. The molecule has 0 N–H and O–H groups in total. The first-order chi connectivity index (χ1) is 15.5. The second kappa shape index (κ2) is 9.90. The van der Waals surface area contributed by atoms with Crippen LogP contribution in [0.1, 0.15) is 21.5 Å². The summed E-state index contributed by atoms with van der Waals surface area (Å²) in [4.78, 5) is 12.7. The zero-order valence-electron chi connectivity index (χ0n) is 17.3. The van der Waals surface area contributed by atoms with Crippen molar-refractivity contribution in [3.8, 4) is 11.5 Å². The minimum atomic E-state index is -0.0628. The molecule has 3 nitrogen and oxygen atoms in total. The molecule has 4 rings (SSSR count). The van der Waals surface area contributed by atoms with E-state index in [1.165, 1.54) is 0 Å². The van der Waals surface area contributed by atoms with E-state index in [-0.39, 0.29) is 12.4 Å². The Kier molecular flexibility index (Phi) is 6.79. The van der Waals surface area contributed by atoms with E-state index in [4.69, 9.17) is 32.7 Å². The lowest BCUT2D eigenvalue weighted by Gasteiger charge is -2.13. The molecule has 160 valence electrons. The number of carbonyl (C=O) groups is 1. The van der Waals surface area contributed by atoms with Crippen LogP contribution < -0.4 is 9.47 Å². The highest BCUT2D eigenvalue weighted by atomic mass is 35.5. The maximum atomic E-state index is 12.7. The minimum Gasteiger partial charge on any atom is -0.496 e. The van der Waals surface area contributed by atoms with E-state index in [0.29, 0.717) is 27.1 Å². The van der Waals surface area contributed by atoms with Crippen molar-refractivity contribution in [1.29, 1.82) is 0 Å². The highest BCUT2D eigenvalue weighted by Gasteiger charge is 2.10. The zero-order valence-corrected chi connectivity index (χ0v) is 18.9. The Morgan fingerprint density at radius 2 is 1.62 bits per heavy atom. The van der Waals surface area contributed by atoms with Crippen molar-refractivity contribution in [3.63, 3.8) is 0 Å². The first-order valence-corrected chi connectivity index (χ1v) is 10.8. The minimum absolute atomic E-state index is 0.0628. The van der Waals surface area contributed by atoms with Crippen molar-refractivity contribution in [3.05, 3.63) is 112 Å². The second-order valence-corrected chi connectivity index (χ2v) is 7.98. The van der Waals surface area contributed by atoms with E-state index >= 15 is 0 Å². The average molecular weight is 463 g/mol. The van der Waals surface area contributed by atoms with Gasteiger partial charge in [-0.05, 0) is 52.7 Å². The summed E-state index contributed by atoms with van der Waals surface area (Å²) in [6, 6.07) is 24.5. The van der Waals surface area contributed by atoms with Gasteiger partial charge in [0.2, 0.25) is 0 Å². The van der Waals surface area contributed by atoms with E-state index < -0.39 is 0 Å². The summed E-state index contributed by atoms with van der Waals surface area (Å²) >= 11 is 12.4. The summed E-state index contributed by atoms with van der Waals surface area (Å²) in [5.41, 5.74) is 2.30. The molecule has 0 fully saturated rings. The number of methoxy groups -OCH3 is 1. The molecule has 0 spiro atoms. The molecular weight excluding hydrogens is 443 g/mol. The Morgan fingerprint density at radius 1 is 0.875 bits per heavy atom. The molecule has 0 aliphatic heterocycles. The lowest BCUT2D eigenvalue weighted by Crippen LogP contribution is -2.00. The number of ketones is 1. The molecule has 4 aromatic rings. The Labute approximate surface area is 196 Å². The lowest BCUT2D eigenvalue weighted by molar-refractivity contribution is 0.104. The topological polar surface area (TPSA) is 35.5 Å². The highest BCUT2D eigenvalue weighted by Crippen LogP contribution is 2.34. The highest BCUT2D eigenvalue weighted by molar-refractivity contribution is 6.37. The van der Waals surface area contributed by atoms with E-state index in [9.17, 15) is 4.79 Å². The van der Waals surface area contributed by atoms with Crippen LogP contribution in [0.4, 0.5) is 0 Å². The summed E-state index contributed by atoms with van der Waals surface area (Å²) in [6.07, 6.45) is 3.35. The second-order valence-electron chi connectivity index (χ2n) is 7.17. The summed E-state index contributed by atoms with van der Waals surface area (Å²) < 4.78 is 11.3. The standard InChI is InChI=1S/C27H20Cl2O3/c1-31-26-14-10-18(15-22(26)17-32-27-23(28)7-4-8-24(27)29)9-13-25(30)21-12-11-19-5-2-3-6-20(19)16-21/h2-16H,17H2,1H3/b13-9+. The van der Waals surface area contributed by atoms with Crippen molar-refractivity contribution in [2.24, 2.45) is 0 Å². The van der Waals surface area contributed by atoms with Crippen LogP contribution in [0.5, 0.6) is 11.5 Å². The number of hydrogen-bond acceptors (Lipinski definition) is 3. The number of fused-ring (bicyclic) bond motifs is 1. The molecule has 0 aliphatic carbocycles. The first kappa shape index (κ1) is 21.9. The number of halogens is 2. The Hall–Kier alpha value is -3.27. The van der Waals surface area contributed by atoms with Gasteiger partial charge < -0.3 is 9.47 Å². The predicted molar refractivity (Wildman–Crippen MR) is 131 cm³/mol. The van der Waals surface area contributed by atoms with Gasteiger partial charge in [-0.3, -0.25) is 4.79 Å². The van der Waals surface area contributed by atoms with Gasteiger partial charge in [0.05, 0.1) is 17.2 Å². The lowest BCUT2D eigenvalue weighted by atomic mass is 10.0. The van der Waals surface area contributed by atoms with Crippen molar-refractivity contribution >= 4 is 45.8 Å². The zero-order chi connectivity index (χ0) is 22.5. The number of allylic oxidation sites excluding steroid dienone is 1. The molecule has 0 radical (unpaired) electrons. The number of rotatable bonds is 7. The molecule has 0 heterocycles. The monoisotopic (exact) mass is 462 g/mol. The smallest absolute Gasteiger partial charge is 0.185 e. The largest absolute Gasteiger partial charge is 0.496 e. The number of hydrogen-bond donors (Lipinski definition) is 0. The van der Waals surface area contributed by atoms with Crippen molar-refractivity contribution in [2.75, 3.05) is 7.11 Å². The van der Waals surface area contributed by atoms with Gasteiger partial charge in [0.1, 0.15) is 12.4 Å². The third-order valence-electron chi connectivity index (χ3n) is 5.06. The molecule has 32 heavy (non-hydrogen) atoms. The fourth-order valence-corrected chi connectivity index (χ4v) is 3.90. The normalized spacial score (nSPS) is 11.1. The van der Waals surface area contributed by atoms with Gasteiger partial charge >= 0.3 is 0 Å². The fraction of sp³-hybridized carbons (Fsp3) is 0.0741. The quantitative estimate of drug-likeness (QED) is 0.209. The molecular formula is C27H20Cl2O3. The Bertz CT molecular complexity index is 1290. The molecule has 0 saturated heterocycles. The SMILES string of the molecule is COc1ccc(/C=C/C(=O)c2ccc3ccccc3c2)cc1COc1c(Cl)cccc1Cl. The van der Waals surface area contributed by atoms with Crippen LogP contribution in [0.15, 0.2) is 84.9 Å². The fourth-order valence-electron chi connectivity index (χ4n) is 3.40. The van der Waals surface area contributed by atoms with Gasteiger partial charge in [0, 0.05) is 11.1 Å². The van der Waals surface area contributed by atoms with E-state index in [2.05, 4.69) is 0 Å². The summed E-state index contributed by atoms with van der Waals surface area (Å²) in [5, 5.41) is 3.02. The van der Waals surface area contributed by atoms with Gasteiger partial charge in [-0.2, -0.15) is 0 Å². The number of carbonyl (C=O) groups excluding carboxylic acids is 1. The van der Waals surface area contributed by atoms with Gasteiger partial charge in [-0.1, -0.05) is 77.8 Å². The third-order valence-corrected chi connectivity index (χ3v) is 5.65. The first-order valence-electron chi connectivity index (χ1n) is 10.00. The van der Waals surface area contributed by atoms with E-state index in [1.807, 2.05) is 60.7 Å². The summed E-state index contributed by atoms with van der Waals surface area (Å²) in [6.45, 7) is 0.215. The Morgan fingerprint density at radius 3 is 2.38 bits per heavy atom. The van der Waals surface area contributed by atoms with Crippen molar-refractivity contribution in [1.82, 2.24) is 0 Å². The molecule has 4 aromatic carbocycles. The molecule has 0 atom stereocenters. The molecule has 0 aliphatic rings. The van der Waals surface area contributed by atoms with Crippen molar-refractivity contribution in [2.45, 2.75) is 6.61 Å². The van der Waals surface area contributed by atoms with E-state index in [1.54, 1.807) is 37.5 Å². The molecule has 0 bridgehead atoms. The molecule has 5 heteroatoms. The number of benzene rings is 4. The van der Waals surface area contributed by atoms with Crippen molar-refractivity contribution < 1.29 is 14.3 Å². The predicted octanol–water partition coefficient (Wildman–Crippen LogP) is 7.63. The van der Waals surface area contributed by atoms with Crippen LogP contribution in [-0.2, 0) is 6.61 Å². The summed E-state index contributed by atoms with van der Waals surface area (Å²) in [7, 11) is 1.60. The van der Waals surface area contributed by atoms with Crippen LogP contribution in [-0.4, -0.2) is 12.9 Å². The van der Waals surface area contributed by atoms with Crippen LogP contribution in [0.3, 0.4) is 0 Å². The molecule has 0 unspecified atom stereocenters. The van der Waals surface area contributed by atoms with Crippen LogP contribution >= 0.6 is 23.2 Å². The van der Waals surface area contributed by atoms with Crippen LogP contribution in [0.25, 0.3) is 16.8 Å². The van der Waals surface area contributed by atoms with Gasteiger partial charge in [0.25, 0.3) is 0 Å². The van der Waals surface area contributed by atoms with Crippen LogP contribution in [0.2, 0.25) is 10.0 Å². The summed E-state index contributed by atoms with van der Waals surface area (Å²) in [5.74, 6) is 1.03.